The van der Waals surface area contributed by atoms with Gasteiger partial charge in [-0.05, 0) is 44.3 Å². The van der Waals surface area contributed by atoms with Crippen LogP contribution in [0.3, 0.4) is 0 Å². The van der Waals surface area contributed by atoms with Crippen molar-refractivity contribution in [3.8, 4) is 0 Å². The van der Waals surface area contributed by atoms with Gasteiger partial charge in [-0.3, -0.25) is 4.79 Å². The third-order valence-electron chi connectivity index (χ3n) is 8.05. The van der Waals surface area contributed by atoms with Crippen molar-refractivity contribution in [3.63, 3.8) is 0 Å². The summed E-state index contributed by atoms with van der Waals surface area (Å²) < 4.78 is 26.7. The average molecular weight is 694 g/mol. The van der Waals surface area contributed by atoms with Crippen LogP contribution >= 0.6 is 0 Å². The van der Waals surface area contributed by atoms with Gasteiger partial charge in [0, 0.05) is 37.8 Å². The number of carbonyl (C=O) groups excluding carboxylic acids is 2. The van der Waals surface area contributed by atoms with Crippen molar-refractivity contribution in [1.29, 1.82) is 0 Å². The summed E-state index contributed by atoms with van der Waals surface area (Å²) >= 11 is 0. The molecule has 0 spiro atoms. The number of rotatable bonds is 8. The second-order valence-electron chi connectivity index (χ2n) is 11.8. The lowest BCUT2D eigenvalue weighted by Crippen LogP contribution is -2.51. The summed E-state index contributed by atoms with van der Waals surface area (Å²) in [7, 11) is 2.77. The fourth-order valence-electron chi connectivity index (χ4n) is 5.68. The van der Waals surface area contributed by atoms with E-state index >= 15 is 0 Å². The number of allylic oxidation sites excluding steroid dienone is 2. The van der Waals surface area contributed by atoms with Crippen LogP contribution in [0, 0.1) is 11.8 Å². The smallest absolute Gasteiger partial charge is 0.450 e. The number of carbonyl (C=O) groups is 4. The van der Waals surface area contributed by atoms with Gasteiger partial charge in [0.1, 0.15) is 6.10 Å². The van der Waals surface area contributed by atoms with Gasteiger partial charge in [0.15, 0.2) is 12.2 Å². The number of nitrogens with one attached hydrogen (secondary N) is 2. The van der Waals surface area contributed by atoms with E-state index in [1.807, 2.05) is 0 Å². The molecule has 2 amide bonds. The van der Waals surface area contributed by atoms with Crippen molar-refractivity contribution in [2.45, 2.75) is 76.8 Å². The van der Waals surface area contributed by atoms with E-state index < -0.39 is 78.2 Å². The van der Waals surface area contributed by atoms with Gasteiger partial charge in [0.05, 0.1) is 23.6 Å². The second kappa shape index (κ2) is 18.2. The molecular weight excluding hydrogens is 646 g/mol. The van der Waals surface area contributed by atoms with E-state index in [2.05, 4.69) is 17.2 Å². The molecule has 49 heavy (non-hydrogen) atoms. The number of amides is 2. The molecule has 0 saturated heterocycles. The molecule has 0 saturated carbocycles. The van der Waals surface area contributed by atoms with Gasteiger partial charge in [-0.1, -0.05) is 44.2 Å². The van der Waals surface area contributed by atoms with E-state index in [0.29, 0.717) is 5.57 Å². The highest BCUT2D eigenvalue weighted by atomic mass is 16.7. The third-order valence-corrected chi connectivity index (χ3v) is 8.05. The van der Waals surface area contributed by atoms with Crippen molar-refractivity contribution in [1.82, 2.24) is 10.6 Å². The maximum absolute atomic E-state index is 13.4. The molecule has 0 aromatic carbocycles. The van der Waals surface area contributed by atoms with Crippen molar-refractivity contribution in [3.05, 3.63) is 71.1 Å². The molecule has 272 valence electrons. The number of primary amides is 1. The number of ether oxygens (including phenoxy) is 5. The number of methoxy groups -OCH3 is 2. The molecule has 0 aromatic rings. The molecule has 1 aliphatic carbocycles. The largest absolute Gasteiger partial charge is 0.508 e. The van der Waals surface area contributed by atoms with E-state index in [9.17, 15) is 39.6 Å². The Morgan fingerprint density at radius 3 is 2.35 bits per heavy atom. The van der Waals surface area contributed by atoms with Gasteiger partial charge in [0.2, 0.25) is 0 Å². The Morgan fingerprint density at radius 2 is 1.80 bits per heavy atom. The number of carboxylic acid groups (broad SMARTS) is 2. The molecule has 2 aliphatic rings. The first-order valence-electron chi connectivity index (χ1n) is 15.4. The first-order chi connectivity index (χ1) is 23.0. The third kappa shape index (κ3) is 10.9. The lowest BCUT2D eigenvalue weighted by atomic mass is 9.82. The molecule has 0 fully saturated rings. The second-order valence-corrected chi connectivity index (χ2v) is 11.8. The summed E-state index contributed by atoms with van der Waals surface area (Å²) in [6.07, 6.45) is -1.52. The number of aliphatic hydroxyl groups is 2. The quantitative estimate of drug-likeness (QED) is 0.0837. The topological polar surface area (TPSA) is 245 Å². The Balaban J connectivity index is 2.87. The normalized spacial score (nSPS) is 32.9. The Hall–Kier alpha value is -4.64. The summed E-state index contributed by atoms with van der Waals surface area (Å²) in [6.45, 7) is 10.2. The van der Waals surface area contributed by atoms with E-state index in [1.165, 1.54) is 45.4 Å². The zero-order valence-corrected chi connectivity index (χ0v) is 28.4. The van der Waals surface area contributed by atoms with Crippen LogP contribution in [0.4, 0.5) is 14.4 Å². The minimum absolute atomic E-state index is 0.0375. The molecule has 2 unspecified atom stereocenters. The summed E-state index contributed by atoms with van der Waals surface area (Å²) in [5.41, 5.74) is 5.19. The number of hydrogen-bond donors (Lipinski definition) is 7. The van der Waals surface area contributed by atoms with Gasteiger partial charge in [-0.25, -0.2) is 14.4 Å². The SMILES string of the molecule is C=CCNC1=C2C[C@@H](C)C[C@H](OC)[C@H](O)[C@@H](C)/C=C(\C)[C@H](OC(N)=O)[C@@H](OC)/C=C/C=C(/C)C(=O)NC(=CC1OC(=O)O)C2(O)OC(=O)O. The van der Waals surface area contributed by atoms with Crippen LogP contribution in [-0.2, 0) is 28.5 Å². The molecule has 1 heterocycles. The van der Waals surface area contributed by atoms with Crippen LogP contribution in [0.5, 0.6) is 0 Å². The number of aliphatic hydroxyl groups excluding tert-OH is 1. The first kappa shape index (κ1) is 40.5. The highest BCUT2D eigenvalue weighted by molar-refractivity contribution is 5.94. The molecule has 8 atom stereocenters. The Morgan fingerprint density at radius 1 is 1.12 bits per heavy atom. The number of nitrogens with two attached hydrogens (primary N) is 1. The van der Waals surface area contributed by atoms with E-state index in [1.54, 1.807) is 26.8 Å². The molecule has 8 N–H and O–H groups in total. The predicted octanol–water partition coefficient (Wildman–Crippen LogP) is 2.85. The number of fused-ring (bicyclic) bond motifs is 2. The minimum Gasteiger partial charge on any atom is -0.450 e. The van der Waals surface area contributed by atoms with Gasteiger partial charge < -0.3 is 60.5 Å². The van der Waals surface area contributed by atoms with Gasteiger partial charge in [0.25, 0.3) is 11.7 Å². The minimum atomic E-state index is -2.83. The molecule has 2 bridgehead atoms. The van der Waals surface area contributed by atoms with Crippen LogP contribution in [0.15, 0.2) is 71.1 Å². The highest BCUT2D eigenvalue weighted by Crippen LogP contribution is 2.40. The zero-order valence-electron chi connectivity index (χ0n) is 28.4. The van der Waals surface area contributed by atoms with Gasteiger partial charge >= 0.3 is 18.4 Å². The van der Waals surface area contributed by atoms with Crippen LogP contribution in [0.25, 0.3) is 0 Å². The lowest BCUT2D eigenvalue weighted by molar-refractivity contribution is -0.134. The molecule has 16 nitrogen and oxygen atoms in total. The van der Waals surface area contributed by atoms with Crippen LogP contribution < -0.4 is 16.4 Å². The Kier molecular flexibility index (Phi) is 15.1. The Labute approximate surface area is 284 Å². The van der Waals surface area contributed by atoms with Crippen LogP contribution in [0.1, 0.15) is 40.5 Å². The molecule has 2 rings (SSSR count). The van der Waals surface area contributed by atoms with E-state index in [0.717, 1.165) is 6.08 Å². The summed E-state index contributed by atoms with van der Waals surface area (Å²) in [5.74, 6) is -4.73. The van der Waals surface area contributed by atoms with E-state index in [-0.39, 0.29) is 36.2 Å². The predicted molar refractivity (Wildman–Crippen MR) is 175 cm³/mol. The van der Waals surface area contributed by atoms with Crippen molar-refractivity contribution >= 4 is 24.3 Å². The van der Waals surface area contributed by atoms with Crippen molar-refractivity contribution in [2.75, 3.05) is 20.8 Å². The Bertz CT molecular complexity index is 1400. The molecular formula is C33H47N3O13. The molecule has 0 radical (unpaired) electrons. The average Bonchev–Trinajstić information content (AvgIpc) is 3.01. The molecule has 1 aliphatic heterocycles. The maximum atomic E-state index is 13.4. The monoisotopic (exact) mass is 693 g/mol. The standard InChI is InChI=1S/C33H47N3O13/c1-8-12-35-26-21-13-17(2)14-24(46-7)27(37)19(4)15-20(5)28(48-30(34)39)22(45-6)11-9-10-18(3)29(38)36-25(16-23(26)47-31(40)41)33(21,44)49-32(42)43/h8-11,15-17,19,22-24,27-28,35,37,44H,1,12-14H2,2-7H3,(H2,34,39)(H,36,38)(H,40,41)(H,42,43)/b11-9+,18-10-,20-15+/t17-,19+,22+,23?,24+,27-,28+,33?/m1/s1. The summed E-state index contributed by atoms with van der Waals surface area (Å²) in [6, 6.07) is 0. The zero-order chi connectivity index (χ0) is 37.1. The van der Waals surface area contributed by atoms with Crippen molar-refractivity contribution in [2.24, 2.45) is 17.6 Å². The van der Waals surface area contributed by atoms with Crippen LogP contribution in [-0.4, -0.2) is 102 Å². The van der Waals surface area contributed by atoms with Crippen molar-refractivity contribution < 1.29 is 63.3 Å². The van der Waals surface area contributed by atoms with Gasteiger partial charge in [-0.15, -0.1) is 6.58 Å². The summed E-state index contributed by atoms with van der Waals surface area (Å²) in [5, 5.41) is 48.0. The molecule has 0 aromatic heterocycles. The van der Waals surface area contributed by atoms with Gasteiger partial charge in [-0.2, -0.15) is 0 Å². The summed E-state index contributed by atoms with van der Waals surface area (Å²) in [4.78, 5) is 49.0. The molecule has 16 heteroatoms. The maximum Gasteiger partial charge on any atom is 0.508 e. The fraction of sp³-hybridized carbons (Fsp3) is 0.515. The number of hydrogen-bond acceptors (Lipinski definition) is 12. The first-order valence-corrected chi connectivity index (χ1v) is 15.4. The highest BCUT2D eigenvalue weighted by Gasteiger charge is 2.49. The van der Waals surface area contributed by atoms with E-state index in [4.69, 9.17) is 29.4 Å². The van der Waals surface area contributed by atoms with Crippen LogP contribution in [0.2, 0.25) is 0 Å². The lowest BCUT2D eigenvalue weighted by Gasteiger charge is -2.39. The fourth-order valence-corrected chi connectivity index (χ4v) is 5.68.